The summed E-state index contributed by atoms with van der Waals surface area (Å²) in [6, 6.07) is 0. The molecule has 3 heterocycles. The van der Waals surface area contributed by atoms with Crippen LogP contribution in [-0.2, 0) is 16.6 Å². The van der Waals surface area contributed by atoms with Crippen molar-refractivity contribution in [3.63, 3.8) is 0 Å². The summed E-state index contributed by atoms with van der Waals surface area (Å²) in [4.78, 5) is 31.3. The van der Waals surface area contributed by atoms with Crippen LogP contribution in [0.15, 0.2) is 6.20 Å². The zero-order valence-electron chi connectivity index (χ0n) is 16.4. The number of ether oxygens (including phenoxy) is 1. The minimum atomic E-state index is -0.379. The van der Waals surface area contributed by atoms with Gasteiger partial charge in [-0.25, -0.2) is 9.78 Å². The van der Waals surface area contributed by atoms with Gasteiger partial charge < -0.3 is 15.0 Å². The van der Waals surface area contributed by atoms with E-state index in [1.165, 1.54) is 0 Å². The summed E-state index contributed by atoms with van der Waals surface area (Å²) >= 11 is 0. The number of aromatic nitrogens is 3. The van der Waals surface area contributed by atoms with Crippen LogP contribution >= 0.6 is 0 Å². The van der Waals surface area contributed by atoms with E-state index in [4.69, 9.17) is 4.74 Å². The van der Waals surface area contributed by atoms with Crippen LogP contribution in [0.3, 0.4) is 0 Å². The summed E-state index contributed by atoms with van der Waals surface area (Å²) in [6.07, 6.45) is 3.07. The van der Waals surface area contributed by atoms with Gasteiger partial charge >= 0.3 is 5.97 Å². The van der Waals surface area contributed by atoms with E-state index in [2.05, 4.69) is 20.3 Å². The van der Waals surface area contributed by atoms with Gasteiger partial charge in [-0.05, 0) is 33.6 Å². The Bertz CT molecular complexity index is 853. The minimum absolute atomic E-state index is 0.0135. The standard InChI is InChI=1S/C19H27N5O3/c1-5-20-18(25)13-7-9-24(10-8-13)16-14(19(26)27-6-2)11-21-17-15(16)12(3)22-23(17)4/h11,13H,5-10H2,1-4H3,(H,20,25). The number of amides is 1. The molecule has 0 aromatic carbocycles. The second-order valence-electron chi connectivity index (χ2n) is 6.80. The van der Waals surface area contributed by atoms with E-state index < -0.39 is 0 Å². The van der Waals surface area contributed by atoms with Crippen LogP contribution in [0.4, 0.5) is 5.69 Å². The number of esters is 1. The van der Waals surface area contributed by atoms with Gasteiger partial charge in [0.15, 0.2) is 5.65 Å². The minimum Gasteiger partial charge on any atom is -0.462 e. The Labute approximate surface area is 158 Å². The first kappa shape index (κ1) is 19.1. The summed E-state index contributed by atoms with van der Waals surface area (Å²) in [5.41, 5.74) is 2.84. The Balaban J connectivity index is 1.98. The number of hydrogen-bond acceptors (Lipinski definition) is 6. The van der Waals surface area contributed by atoms with E-state index in [-0.39, 0.29) is 17.8 Å². The number of aryl methyl sites for hydroxylation is 2. The Hall–Kier alpha value is -2.64. The number of nitrogens with zero attached hydrogens (tertiary/aromatic N) is 4. The lowest BCUT2D eigenvalue weighted by Crippen LogP contribution is -2.41. The van der Waals surface area contributed by atoms with E-state index in [0.717, 1.165) is 35.3 Å². The molecule has 0 saturated carbocycles. The van der Waals surface area contributed by atoms with Crippen molar-refractivity contribution in [3.05, 3.63) is 17.5 Å². The molecule has 1 aliphatic heterocycles. The highest BCUT2D eigenvalue weighted by molar-refractivity contribution is 6.05. The Morgan fingerprint density at radius 2 is 2.00 bits per heavy atom. The molecule has 0 aliphatic carbocycles. The highest BCUT2D eigenvalue weighted by Crippen LogP contribution is 2.34. The van der Waals surface area contributed by atoms with Crippen LogP contribution in [0.1, 0.15) is 42.7 Å². The first-order chi connectivity index (χ1) is 13.0. The monoisotopic (exact) mass is 373 g/mol. The van der Waals surface area contributed by atoms with E-state index in [9.17, 15) is 9.59 Å². The summed E-state index contributed by atoms with van der Waals surface area (Å²) in [6.45, 7) is 7.98. The number of piperidine rings is 1. The molecule has 1 fully saturated rings. The highest BCUT2D eigenvalue weighted by atomic mass is 16.5. The van der Waals surface area contributed by atoms with E-state index in [1.54, 1.807) is 17.8 Å². The summed E-state index contributed by atoms with van der Waals surface area (Å²) < 4.78 is 6.98. The number of carbonyl (C=O) groups is 2. The molecule has 1 saturated heterocycles. The molecule has 8 nitrogen and oxygen atoms in total. The second kappa shape index (κ2) is 7.94. The first-order valence-corrected chi connectivity index (χ1v) is 9.49. The Morgan fingerprint density at radius 1 is 1.30 bits per heavy atom. The molecule has 1 aliphatic rings. The normalized spacial score (nSPS) is 15.2. The maximum absolute atomic E-state index is 12.5. The quantitative estimate of drug-likeness (QED) is 0.804. The number of hydrogen-bond donors (Lipinski definition) is 1. The summed E-state index contributed by atoms with van der Waals surface area (Å²) in [5.74, 6) is -0.254. The van der Waals surface area contributed by atoms with Crippen molar-refractivity contribution >= 4 is 28.6 Å². The molecule has 1 N–H and O–H groups in total. The number of rotatable bonds is 5. The molecule has 0 bridgehead atoms. The van der Waals surface area contributed by atoms with Crippen molar-refractivity contribution in [2.24, 2.45) is 13.0 Å². The van der Waals surface area contributed by atoms with Gasteiger partial charge in [-0.15, -0.1) is 0 Å². The summed E-state index contributed by atoms with van der Waals surface area (Å²) in [5, 5.41) is 8.25. The van der Waals surface area contributed by atoms with Gasteiger partial charge in [-0.1, -0.05) is 0 Å². The lowest BCUT2D eigenvalue weighted by atomic mass is 9.94. The van der Waals surface area contributed by atoms with E-state index in [1.807, 2.05) is 20.9 Å². The van der Waals surface area contributed by atoms with Gasteiger partial charge in [0, 0.05) is 38.8 Å². The number of fused-ring (bicyclic) bond motifs is 1. The number of pyridine rings is 1. The van der Waals surface area contributed by atoms with Crippen LogP contribution in [0.5, 0.6) is 0 Å². The summed E-state index contributed by atoms with van der Waals surface area (Å²) in [7, 11) is 1.84. The second-order valence-corrected chi connectivity index (χ2v) is 6.80. The molecular formula is C19H27N5O3. The Morgan fingerprint density at radius 3 is 2.63 bits per heavy atom. The van der Waals surface area contributed by atoms with Crippen molar-refractivity contribution in [1.82, 2.24) is 20.1 Å². The van der Waals surface area contributed by atoms with Gasteiger partial charge in [0.2, 0.25) is 5.91 Å². The SMILES string of the molecule is CCNC(=O)C1CCN(c2c(C(=O)OCC)cnc3c2c(C)nn3C)CC1. The smallest absolute Gasteiger partial charge is 0.341 e. The molecule has 0 radical (unpaired) electrons. The van der Waals surface area contributed by atoms with Crippen LogP contribution in [0.25, 0.3) is 11.0 Å². The fourth-order valence-corrected chi connectivity index (χ4v) is 3.76. The predicted octanol–water partition coefficient (Wildman–Crippen LogP) is 1.81. The van der Waals surface area contributed by atoms with Crippen molar-refractivity contribution in [2.75, 3.05) is 31.1 Å². The fourth-order valence-electron chi connectivity index (χ4n) is 3.76. The van der Waals surface area contributed by atoms with Crippen molar-refractivity contribution in [2.45, 2.75) is 33.6 Å². The third kappa shape index (κ3) is 3.61. The van der Waals surface area contributed by atoms with Gasteiger partial charge in [0.1, 0.15) is 5.56 Å². The highest BCUT2D eigenvalue weighted by Gasteiger charge is 2.30. The molecule has 0 atom stereocenters. The van der Waals surface area contributed by atoms with Gasteiger partial charge in [0.05, 0.1) is 23.4 Å². The van der Waals surface area contributed by atoms with Gasteiger partial charge in [-0.3, -0.25) is 9.48 Å². The third-order valence-corrected chi connectivity index (χ3v) is 5.03. The number of carbonyl (C=O) groups excluding carboxylic acids is 2. The lowest BCUT2D eigenvalue weighted by Gasteiger charge is -2.34. The third-order valence-electron chi connectivity index (χ3n) is 5.03. The zero-order valence-corrected chi connectivity index (χ0v) is 16.4. The van der Waals surface area contributed by atoms with E-state index >= 15 is 0 Å². The molecule has 0 spiro atoms. The van der Waals surface area contributed by atoms with Crippen LogP contribution < -0.4 is 10.2 Å². The van der Waals surface area contributed by atoms with Crippen molar-refractivity contribution in [3.8, 4) is 0 Å². The molecule has 2 aromatic heterocycles. The molecule has 2 aromatic rings. The fraction of sp³-hybridized carbons (Fsp3) is 0.579. The van der Waals surface area contributed by atoms with Crippen molar-refractivity contribution in [1.29, 1.82) is 0 Å². The number of nitrogens with one attached hydrogen (secondary N) is 1. The lowest BCUT2D eigenvalue weighted by molar-refractivity contribution is -0.125. The maximum Gasteiger partial charge on any atom is 0.341 e. The average Bonchev–Trinajstić information content (AvgIpc) is 2.95. The first-order valence-electron chi connectivity index (χ1n) is 9.49. The zero-order chi connectivity index (χ0) is 19.6. The van der Waals surface area contributed by atoms with Gasteiger partial charge in [-0.2, -0.15) is 5.10 Å². The predicted molar refractivity (Wildman–Crippen MR) is 103 cm³/mol. The Kier molecular flexibility index (Phi) is 5.62. The largest absolute Gasteiger partial charge is 0.462 e. The molecule has 3 rings (SSSR count). The van der Waals surface area contributed by atoms with Crippen LogP contribution in [0, 0.1) is 12.8 Å². The van der Waals surface area contributed by atoms with E-state index in [0.29, 0.717) is 31.8 Å². The topological polar surface area (TPSA) is 89.3 Å². The molecule has 1 amide bonds. The van der Waals surface area contributed by atoms with Crippen LogP contribution in [-0.4, -0.2) is 52.9 Å². The maximum atomic E-state index is 12.5. The average molecular weight is 373 g/mol. The molecule has 27 heavy (non-hydrogen) atoms. The molecular weight excluding hydrogens is 346 g/mol. The number of anilines is 1. The molecule has 0 unspecified atom stereocenters. The molecule has 8 heteroatoms. The molecule has 146 valence electrons. The van der Waals surface area contributed by atoms with Crippen LogP contribution in [0.2, 0.25) is 0 Å². The van der Waals surface area contributed by atoms with Gasteiger partial charge in [0.25, 0.3) is 0 Å². The van der Waals surface area contributed by atoms with Crippen molar-refractivity contribution < 1.29 is 14.3 Å².